The topological polar surface area (TPSA) is 363 Å². The van der Waals surface area contributed by atoms with Gasteiger partial charge in [-0.25, -0.2) is 39.5 Å². The molecule has 10 N–H and O–H groups in total. The predicted octanol–water partition coefficient (Wildman–Crippen LogP) is 4.64. The van der Waals surface area contributed by atoms with Crippen molar-refractivity contribution in [1.82, 2.24) is 49.7 Å². The first kappa shape index (κ1) is 64.9. The summed E-state index contributed by atoms with van der Waals surface area (Å²) < 4.78 is 0. The molecule has 2 fully saturated rings. The minimum Gasteiger partial charge on any atom is -0.479 e. The van der Waals surface area contributed by atoms with E-state index in [0.29, 0.717) is 11.9 Å². The Balaban J connectivity index is 0.000000306. The van der Waals surface area contributed by atoms with Gasteiger partial charge in [0.1, 0.15) is 11.6 Å². The fourth-order valence-electron chi connectivity index (χ4n) is 8.81. The average Bonchev–Trinajstić information content (AvgIpc) is 4.03. The Kier molecular flexibility index (Phi) is 28.0. The molecule has 4 aromatic heterocycles. The van der Waals surface area contributed by atoms with Gasteiger partial charge >= 0.3 is 24.2 Å². The van der Waals surface area contributed by atoms with Crippen molar-refractivity contribution in [3.05, 3.63) is 70.3 Å². The van der Waals surface area contributed by atoms with Crippen molar-refractivity contribution < 1.29 is 59.4 Å². The van der Waals surface area contributed by atoms with E-state index in [-0.39, 0.29) is 12.3 Å². The van der Waals surface area contributed by atoms with Crippen molar-refractivity contribution in [2.24, 2.45) is 11.8 Å². The number of likely N-dealkylation sites (tertiary alicyclic amines) is 2. The zero-order chi connectivity index (χ0) is 57.9. The van der Waals surface area contributed by atoms with Crippen molar-refractivity contribution >= 4 is 58.2 Å². The van der Waals surface area contributed by atoms with Gasteiger partial charge in [0, 0.05) is 25.5 Å². The fourth-order valence-corrected chi connectivity index (χ4v) is 8.81. The van der Waals surface area contributed by atoms with Gasteiger partial charge in [-0.3, -0.25) is 0 Å². The number of aryl methyl sites for hydroxylation is 6. The van der Waals surface area contributed by atoms with Crippen LogP contribution in [0.15, 0.2) is 36.7 Å². The Morgan fingerprint density at radius 3 is 1.22 bits per heavy atom. The number of hydrogen-bond donors (Lipinski definition) is 10. The summed E-state index contributed by atoms with van der Waals surface area (Å²) in [5, 5.41) is 54.2. The molecule has 2 saturated heterocycles. The maximum atomic E-state index is 9.52. The second-order valence-electron chi connectivity index (χ2n) is 19.4. The third-order valence-corrected chi connectivity index (χ3v) is 13.0. The van der Waals surface area contributed by atoms with Crippen LogP contribution in [0.1, 0.15) is 85.0 Å². The summed E-state index contributed by atoms with van der Waals surface area (Å²) >= 11 is 0. The number of nitrogens with zero attached hydrogens (tertiary/aromatic N) is 8. The summed E-state index contributed by atoms with van der Waals surface area (Å²) in [5.74, 6) is 2.02. The molecule has 6 aromatic rings. The number of carbonyl (C=O) groups excluding carboxylic acids is 4. The normalized spacial score (nSPS) is 14.4. The van der Waals surface area contributed by atoms with Crippen LogP contribution in [0.4, 0.5) is 11.9 Å². The first-order valence-electron chi connectivity index (χ1n) is 25.7. The quantitative estimate of drug-likeness (QED) is 0.0590. The minimum absolute atomic E-state index is 0.250. The number of aromatic amines is 2. The molecular formula is C54H76N12O12. The van der Waals surface area contributed by atoms with Crippen LogP contribution >= 0.6 is 0 Å². The maximum Gasteiger partial charge on any atom is 0.373 e. The molecule has 2 atom stereocenters. The molecule has 6 heterocycles. The van der Waals surface area contributed by atoms with Gasteiger partial charge in [-0.05, 0) is 179 Å². The number of benzene rings is 2. The number of carbonyl (C=O) groups is 2. The number of nitrogens with one attached hydrogen (secondary N) is 4. The van der Waals surface area contributed by atoms with E-state index in [9.17, 15) is 9.59 Å². The summed E-state index contributed by atoms with van der Waals surface area (Å²) in [6.07, 6.45) is 11.2. The molecule has 424 valence electrons. The molecule has 2 aliphatic heterocycles. The van der Waals surface area contributed by atoms with Crippen molar-refractivity contribution in [3.63, 3.8) is 0 Å². The maximum absolute atomic E-state index is 9.52. The van der Waals surface area contributed by atoms with Crippen molar-refractivity contribution in [1.29, 1.82) is 0 Å². The van der Waals surface area contributed by atoms with Crippen LogP contribution in [-0.4, -0.2) is 183 Å². The third kappa shape index (κ3) is 21.6. The molecule has 2 aromatic carbocycles. The first-order chi connectivity index (χ1) is 37.2. The number of aliphatic hydroxyl groups excluding tert-OH is 4. The number of aliphatic hydroxyl groups is 4. The number of imidazole rings is 2. The SMILES string of the molecule is Cc1cc(C)c2nc(-c3cnc(NCCCC4CCN(C)CC4)nc3C)[nH]c2c1.Cc1cc(C)c2nc(-c3cnc(NCCCC4CCN(C)CC4)nc3C)[nH]c2c1.O=C(O)[C@H](O)CO.O=C(O)[C@H](O)CO.O=C=O.O=C=O. The third-order valence-electron chi connectivity index (χ3n) is 13.0. The van der Waals surface area contributed by atoms with Gasteiger partial charge in [0.2, 0.25) is 11.9 Å². The molecule has 0 amide bonds. The van der Waals surface area contributed by atoms with E-state index in [1.54, 1.807) is 0 Å². The molecule has 0 bridgehead atoms. The molecule has 0 unspecified atom stereocenters. The number of anilines is 2. The highest BCUT2D eigenvalue weighted by molar-refractivity contribution is 5.84. The molecule has 0 radical (unpaired) electrons. The molecule has 0 aliphatic carbocycles. The van der Waals surface area contributed by atoms with Crippen molar-refractivity contribution in [3.8, 4) is 22.8 Å². The number of aromatic nitrogens is 8. The van der Waals surface area contributed by atoms with Crippen LogP contribution in [0.25, 0.3) is 44.8 Å². The summed E-state index contributed by atoms with van der Waals surface area (Å²) in [4.78, 5) is 91.2. The molecule has 8 rings (SSSR count). The van der Waals surface area contributed by atoms with Crippen LogP contribution in [0.3, 0.4) is 0 Å². The van der Waals surface area contributed by atoms with Gasteiger partial charge in [-0.15, -0.1) is 0 Å². The van der Waals surface area contributed by atoms with Crippen molar-refractivity contribution in [2.75, 3.05) is 77.2 Å². The second-order valence-corrected chi connectivity index (χ2v) is 19.4. The van der Waals surface area contributed by atoms with E-state index in [1.165, 1.54) is 99.8 Å². The summed E-state index contributed by atoms with van der Waals surface area (Å²) in [7, 11) is 4.43. The van der Waals surface area contributed by atoms with Crippen LogP contribution in [0.2, 0.25) is 0 Å². The van der Waals surface area contributed by atoms with E-state index in [2.05, 4.69) is 116 Å². The first-order valence-corrected chi connectivity index (χ1v) is 25.7. The van der Waals surface area contributed by atoms with Crippen LogP contribution in [0, 0.1) is 53.4 Å². The minimum atomic E-state index is -1.63. The number of H-pyrrole nitrogens is 2. The molecular weight excluding hydrogens is 1010 g/mol. The predicted molar refractivity (Wildman–Crippen MR) is 290 cm³/mol. The van der Waals surface area contributed by atoms with E-state index < -0.39 is 37.4 Å². The number of rotatable bonds is 16. The highest BCUT2D eigenvalue weighted by Gasteiger charge is 2.19. The zero-order valence-corrected chi connectivity index (χ0v) is 45.8. The van der Waals surface area contributed by atoms with Gasteiger partial charge < -0.3 is 61.0 Å². The highest BCUT2D eigenvalue weighted by Crippen LogP contribution is 2.28. The monoisotopic (exact) mass is 1080 g/mol. The number of fused-ring (bicyclic) bond motifs is 2. The van der Waals surface area contributed by atoms with Crippen LogP contribution in [-0.2, 0) is 28.8 Å². The second kappa shape index (κ2) is 33.7. The van der Waals surface area contributed by atoms with Crippen LogP contribution in [0.5, 0.6) is 0 Å². The molecule has 0 saturated carbocycles. The van der Waals surface area contributed by atoms with Crippen LogP contribution < -0.4 is 10.6 Å². The molecule has 78 heavy (non-hydrogen) atoms. The van der Waals surface area contributed by atoms with Gasteiger partial charge in [0.05, 0.1) is 57.8 Å². The van der Waals surface area contributed by atoms with E-state index in [4.69, 9.17) is 59.8 Å². The zero-order valence-electron chi connectivity index (χ0n) is 45.8. The Morgan fingerprint density at radius 1 is 0.603 bits per heavy atom. The van der Waals surface area contributed by atoms with E-state index in [0.717, 1.165) is 81.2 Å². The molecule has 2 aliphatic rings. The number of carboxylic acids is 2. The van der Waals surface area contributed by atoms with Gasteiger partial charge in [-0.2, -0.15) is 19.2 Å². The lowest BCUT2D eigenvalue weighted by atomic mass is 9.92. The van der Waals surface area contributed by atoms with Crippen molar-refractivity contribution in [2.45, 2.75) is 105 Å². The average molecular weight is 1090 g/mol. The lowest BCUT2D eigenvalue weighted by Gasteiger charge is -2.28. The lowest BCUT2D eigenvalue weighted by Crippen LogP contribution is -2.30. The standard InChI is InChI=1S/2C23H32N6.2C3H6O4.2CO2/c2*1-15-12-16(2)21-20(13-15)27-22(28-21)19-14-25-23(26-17(19)3)24-9-5-6-18-7-10-29(4)11-8-18;2*4-1-2(5)3(6)7;2*2-1-3/h2*12-14,18H,5-11H2,1-4H3,(H,27,28)(H,24,25,26);2*2,4-5H,1H2,(H,6,7);;/t;;2*2-;;/m..11../s1. The summed E-state index contributed by atoms with van der Waals surface area (Å²) in [6.45, 7) is 17.8. The highest BCUT2D eigenvalue weighted by atomic mass is 16.4. The van der Waals surface area contributed by atoms with E-state index in [1.807, 2.05) is 26.2 Å². The number of carboxylic acid groups (broad SMARTS) is 2. The molecule has 24 nitrogen and oxygen atoms in total. The number of piperidine rings is 2. The van der Waals surface area contributed by atoms with Gasteiger partial charge in [-0.1, -0.05) is 12.1 Å². The Morgan fingerprint density at radius 2 is 0.936 bits per heavy atom. The Bertz CT molecular complexity index is 2690. The fraction of sp³-hybridized carbons (Fsp3) is 0.519. The van der Waals surface area contributed by atoms with E-state index >= 15 is 0 Å². The number of hydrogen-bond acceptors (Lipinski definition) is 20. The summed E-state index contributed by atoms with van der Waals surface area (Å²) in [6, 6.07) is 8.59. The van der Waals surface area contributed by atoms with Gasteiger partial charge in [0.25, 0.3) is 0 Å². The summed E-state index contributed by atoms with van der Waals surface area (Å²) in [5.41, 5.74) is 12.8. The number of aliphatic carboxylic acids is 2. The Labute approximate surface area is 453 Å². The lowest BCUT2D eigenvalue weighted by molar-refractivity contribution is -0.193. The smallest absolute Gasteiger partial charge is 0.373 e. The Hall–Kier alpha value is -7.40. The largest absolute Gasteiger partial charge is 0.479 e. The molecule has 24 heteroatoms. The van der Waals surface area contributed by atoms with Gasteiger partial charge in [0.15, 0.2) is 12.2 Å². The molecule has 0 spiro atoms.